The molecule has 0 aliphatic rings. The monoisotopic (exact) mass is 352 g/mol. The summed E-state index contributed by atoms with van der Waals surface area (Å²) in [6.45, 7) is 0.191. The Balaban J connectivity index is 1.98. The zero-order valence-corrected chi connectivity index (χ0v) is 12.6. The van der Waals surface area contributed by atoms with E-state index in [9.17, 15) is 13.2 Å². The highest BCUT2D eigenvalue weighted by molar-refractivity contribution is 6.29. The van der Waals surface area contributed by atoms with Gasteiger partial charge in [0.2, 0.25) is 5.28 Å². The molecular weight excluding hydrogens is 345 g/mol. The molecule has 0 aliphatic carbocycles. The van der Waals surface area contributed by atoms with Crippen molar-refractivity contribution >= 4 is 22.6 Å². The van der Waals surface area contributed by atoms with Crippen LogP contribution in [0.4, 0.5) is 13.2 Å². The van der Waals surface area contributed by atoms with Crippen LogP contribution in [0.25, 0.3) is 11.0 Å². The number of alkyl halides is 3. The second-order valence-electron chi connectivity index (χ2n) is 4.82. The van der Waals surface area contributed by atoms with Gasteiger partial charge in [0.05, 0.1) is 28.8 Å². The Labute approximate surface area is 138 Å². The molecule has 24 heavy (non-hydrogen) atoms. The number of aromatic nitrogens is 3. The maximum absolute atomic E-state index is 12.4. The molecular formula is C15H8ClF3N4O. The van der Waals surface area contributed by atoms with Crippen molar-refractivity contribution in [3.05, 3.63) is 53.1 Å². The standard InChI is InChI=1S/C15H8ClF3N4O/c16-14-22-12-4-3-11(24-15(17,18)19)5-13(12)23(14)8-10-2-1-9(6-20)7-21-10/h1-5,7H,8H2. The van der Waals surface area contributed by atoms with Crippen LogP contribution in [0, 0.1) is 11.3 Å². The van der Waals surface area contributed by atoms with Crippen molar-refractivity contribution in [1.29, 1.82) is 5.26 Å². The lowest BCUT2D eigenvalue weighted by Crippen LogP contribution is -2.17. The maximum Gasteiger partial charge on any atom is 0.573 e. The number of nitriles is 1. The van der Waals surface area contributed by atoms with Gasteiger partial charge in [-0.2, -0.15) is 5.26 Å². The lowest BCUT2D eigenvalue weighted by Gasteiger charge is -2.10. The smallest absolute Gasteiger partial charge is 0.406 e. The Bertz CT molecular complexity index is 929. The minimum absolute atomic E-state index is 0.111. The largest absolute Gasteiger partial charge is 0.573 e. The van der Waals surface area contributed by atoms with E-state index in [0.29, 0.717) is 22.3 Å². The first-order valence-corrected chi connectivity index (χ1v) is 7.00. The fourth-order valence-electron chi connectivity index (χ4n) is 2.17. The Morgan fingerprint density at radius 1 is 1.25 bits per heavy atom. The number of hydrogen-bond acceptors (Lipinski definition) is 4. The van der Waals surface area contributed by atoms with Crippen molar-refractivity contribution in [1.82, 2.24) is 14.5 Å². The van der Waals surface area contributed by atoms with Crippen molar-refractivity contribution in [2.24, 2.45) is 0 Å². The number of halogens is 4. The van der Waals surface area contributed by atoms with Gasteiger partial charge in [0, 0.05) is 12.3 Å². The van der Waals surface area contributed by atoms with E-state index in [1.54, 1.807) is 12.1 Å². The SMILES string of the molecule is N#Cc1ccc(Cn2c(Cl)nc3ccc(OC(F)(F)F)cc32)nc1. The third-order valence-electron chi connectivity index (χ3n) is 3.18. The molecule has 1 aromatic carbocycles. The highest BCUT2D eigenvalue weighted by Gasteiger charge is 2.31. The first kappa shape index (κ1) is 16.1. The molecule has 0 aliphatic heterocycles. The van der Waals surface area contributed by atoms with E-state index in [1.165, 1.54) is 29.0 Å². The van der Waals surface area contributed by atoms with Crippen molar-refractivity contribution in [2.75, 3.05) is 0 Å². The van der Waals surface area contributed by atoms with Gasteiger partial charge in [0.1, 0.15) is 11.8 Å². The number of pyridine rings is 1. The molecule has 0 fully saturated rings. The quantitative estimate of drug-likeness (QED) is 0.717. The lowest BCUT2D eigenvalue weighted by atomic mass is 10.2. The Hall–Kier alpha value is -2.79. The topological polar surface area (TPSA) is 63.7 Å². The van der Waals surface area contributed by atoms with Crippen LogP contribution < -0.4 is 4.74 Å². The minimum atomic E-state index is -4.78. The van der Waals surface area contributed by atoms with Gasteiger partial charge in [-0.05, 0) is 35.9 Å². The van der Waals surface area contributed by atoms with E-state index in [0.717, 1.165) is 0 Å². The zero-order chi connectivity index (χ0) is 17.3. The van der Waals surface area contributed by atoms with Gasteiger partial charge in [-0.1, -0.05) is 0 Å². The summed E-state index contributed by atoms with van der Waals surface area (Å²) in [7, 11) is 0. The van der Waals surface area contributed by atoms with E-state index < -0.39 is 6.36 Å². The molecule has 9 heteroatoms. The number of imidazole rings is 1. The lowest BCUT2D eigenvalue weighted by molar-refractivity contribution is -0.274. The Morgan fingerprint density at radius 3 is 2.67 bits per heavy atom. The molecule has 0 unspecified atom stereocenters. The van der Waals surface area contributed by atoms with Crippen LogP contribution in [0.15, 0.2) is 36.5 Å². The molecule has 2 heterocycles. The number of hydrogen-bond donors (Lipinski definition) is 0. The summed E-state index contributed by atoms with van der Waals surface area (Å²) in [5.41, 5.74) is 1.80. The molecule has 0 saturated heterocycles. The summed E-state index contributed by atoms with van der Waals surface area (Å²) < 4.78 is 42.5. The molecule has 122 valence electrons. The van der Waals surface area contributed by atoms with Gasteiger partial charge in [0.25, 0.3) is 0 Å². The average molecular weight is 353 g/mol. The summed E-state index contributed by atoms with van der Waals surface area (Å²) in [4.78, 5) is 8.21. The van der Waals surface area contributed by atoms with Gasteiger partial charge in [-0.3, -0.25) is 4.98 Å². The molecule has 0 saturated carbocycles. The second-order valence-corrected chi connectivity index (χ2v) is 5.15. The van der Waals surface area contributed by atoms with E-state index in [2.05, 4.69) is 14.7 Å². The van der Waals surface area contributed by atoms with Gasteiger partial charge >= 0.3 is 6.36 Å². The first-order chi connectivity index (χ1) is 11.4. The van der Waals surface area contributed by atoms with E-state index >= 15 is 0 Å². The molecule has 0 amide bonds. The molecule has 0 atom stereocenters. The molecule has 0 radical (unpaired) electrons. The predicted octanol–water partition coefficient (Wildman–Crippen LogP) is 3.90. The van der Waals surface area contributed by atoms with Crippen LogP contribution in [0.2, 0.25) is 5.28 Å². The summed E-state index contributed by atoms with van der Waals surface area (Å²) in [5, 5.41) is 8.87. The van der Waals surface area contributed by atoms with Gasteiger partial charge in [0.15, 0.2) is 0 Å². The third kappa shape index (κ3) is 3.41. The third-order valence-corrected chi connectivity index (χ3v) is 3.47. The van der Waals surface area contributed by atoms with E-state index in [-0.39, 0.29) is 17.6 Å². The van der Waals surface area contributed by atoms with Crippen LogP contribution in [0.5, 0.6) is 5.75 Å². The van der Waals surface area contributed by atoms with Crippen molar-refractivity contribution in [3.63, 3.8) is 0 Å². The summed E-state index contributed by atoms with van der Waals surface area (Å²) in [5.74, 6) is -0.361. The van der Waals surface area contributed by atoms with Crippen molar-refractivity contribution < 1.29 is 17.9 Å². The van der Waals surface area contributed by atoms with Crippen LogP contribution in [0.3, 0.4) is 0 Å². The van der Waals surface area contributed by atoms with E-state index in [4.69, 9.17) is 16.9 Å². The summed E-state index contributed by atoms with van der Waals surface area (Å²) in [6, 6.07) is 8.96. The van der Waals surface area contributed by atoms with Crippen LogP contribution in [-0.4, -0.2) is 20.9 Å². The summed E-state index contributed by atoms with van der Waals surface area (Å²) in [6.07, 6.45) is -3.38. The zero-order valence-electron chi connectivity index (χ0n) is 11.9. The Kier molecular flexibility index (Phi) is 4.03. The van der Waals surface area contributed by atoms with Gasteiger partial charge < -0.3 is 9.30 Å². The summed E-state index contributed by atoms with van der Waals surface area (Å²) >= 11 is 6.07. The molecule has 3 aromatic rings. The number of ether oxygens (including phenoxy) is 1. The van der Waals surface area contributed by atoms with Gasteiger partial charge in [-0.15, -0.1) is 13.2 Å². The molecule has 0 N–H and O–H groups in total. The van der Waals surface area contributed by atoms with Crippen LogP contribution in [0.1, 0.15) is 11.3 Å². The number of fused-ring (bicyclic) bond motifs is 1. The fraction of sp³-hybridized carbons (Fsp3) is 0.133. The van der Waals surface area contributed by atoms with Gasteiger partial charge in [-0.25, -0.2) is 4.98 Å². The second kappa shape index (κ2) is 6.02. The molecule has 3 rings (SSSR count). The molecule has 0 spiro atoms. The van der Waals surface area contributed by atoms with Crippen LogP contribution >= 0.6 is 11.6 Å². The number of benzene rings is 1. The predicted molar refractivity (Wildman–Crippen MR) is 79.5 cm³/mol. The fourth-order valence-corrected chi connectivity index (χ4v) is 2.41. The van der Waals surface area contributed by atoms with Crippen LogP contribution in [-0.2, 0) is 6.54 Å². The number of rotatable bonds is 3. The molecule has 5 nitrogen and oxygen atoms in total. The molecule has 2 aromatic heterocycles. The molecule has 0 bridgehead atoms. The highest BCUT2D eigenvalue weighted by Crippen LogP contribution is 2.28. The van der Waals surface area contributed by atoms with Crippen molar-refractivity contribution in [2.45, 2.75) is 12.9 Å². The maximum atomic E-state index is 12.4. The Morgan fingerprint density at radius 2 is 2.04 bits per heavy atom. The number of nitrogens with zero attached hydrogens (tertiary/aromatic N) is 4. The minimum Gasteiger partial charge on any atom is -0.406 e. The normalized spacial score (nSPS) is 11.5. The average Bonchev–Trinajstić information content (AvgIpc) is 2.82. The first-order valence-electron chi connectivity index (χ1n) is 6.62. The van der Waals surface area contributed by atoms with Crippen molar-refractivity contribution in [3.8, 4) is 11.8 Å². The van der Waals surface area contributed by atoms with E-state index in [1.807, 2.05) is 6.07 Å². The highest BCUT2D eigenvalue weighted by atomic mass is 35.5.